The molecule has 1 saturated heterocycles. The Morgan fingerprint density at radius 1 is 1.07 bits per heavy atom. The molecule has 1 amide bonds. The van der Waals surface area contributed by atoms with Crippen LogP contribution in [0.15, 0.2) is 36.4 Å². The van der Waals surface area contributed by atoms with Gasteiger partial charge >= 0.3 is 0 Å². The number of hydrogen-bond acceptors (Lipinski definition) is 5. The molecular formula is C22H25N3O4. The Morgan fingerprint density at radius 3 is 2.59 bits per heavy atom. The summed E-state index contributed by atoms with van der Waals surface area (Å²) in [5.41, 5.74) is 2.44. The molecule has 4 rings (SSSR count). The Morgan fingerprint density at radius 2 is 1.86 bits per heavy atom. The number of rotatable bonds is 5. The number of H-pyrrole nitrogens is 1. The highest BCUT2D eigenvalue weighted by molar-refractivity contribution is 5.98. The van der Waals surface area contributed by atoms with Crippen molar-refractivity contribution in [3.8, 4) is 17.2 Å². The average molecular weight is 395 g/mol. The van der Waals surface area contributed by atoms with Crippen LogP contribution in [-0.2, 0) is 0 Å². The molecule has 1 atom stereocenters. The normalized spacial score (nSPS) is 16.7. The zero-order valence-corrected chi connectivity index (χ0v) is 16.9. The number of likely N-dealkylation sites (tertiary alicyclic amines) is 1. The number of nitrogens with one attached hydrogen (secondary N) is 1. The number of carbonyl (C=O) groups is 1. The Bertz CT molecular complexity index is 997. The standard InChI is InChI=1S/C22H25N3O4/c1-27-18-11-10-15(19(28-2)20(18)29-3)22(26)25-12-6-7-14(13-25)21-23-16-8-4-5-9-17(16)24-21/h4-5,8-11,14H,6-7,12-13H2,1-3H3,(H,23,24)/t14-/m1/s1. The lowest BCUT2D eigenvalue weighted by Gasteiger charge is -2.32. The van der Waals surface area contributed by atoms with Crippen molar-refractivity contribution in [2.75, 3.05) is 34.4 Å². The van der Waals surface area contributed by atoms with E-state index in [0.717, 1.165) is 29.7 Å². The molecule has 1 aliphatic rings. The van der Waals surface area contributed by atoms with Gasteiger partial charge < -0.3 is 24.1 Å². The zero-order valence-electron chi connectivity index (χ0n) is 16.9. The lowest BCUT2D eigenvalue weighted by molar-refractivity contribution is 0.0700. The lowest BCUT2D eigenvalue weighted by atomic mass is 9.96. The SMILES string of the molecule is COc1ccc(C(=O)N2CCC[C@@H](c3nc4ccccc4[nH]3)C2)c(OC)c1OC. The Hall–Kier alpha value is -3.22. The summed E-state index contributed by atoms with van der Waals surface area (Å²) in [4.78, 5) is 23.3. The molecule has 2 heterocycles. The minimum Gasteiger partial charge on any atom is -0.493 e. The Labute approximate surface area is 169 Å². The maximum absolute atomic E-state index is 13.3. The zero-order chi connectivity index (χ0) is 20.4. The van der Waals surface area contributed by atoms with E-state index < -0.39 is 0 Å². The van der Waals surface area contributed by atoms with Gasteiger partial charge in [0.25, 0.3) is 5.91 Å². The van der Waals surface area contributed by atoms with Crippen molar-refractivity contribution in [2.24, 2.45) is 0 Å². The smallest absolute Gasteiger partial charge is 0.257 e. The summed E-state index contributed by atoms with van der Waals surface area (Å²) in [6.07, 6.45) is 1.91. The van der Waals surface area contributed by atoms with Crippen LogP contribution in [0.2, 0.25) is 0 Å². The number of fused-ring (bicyclic) bond motifs is 1. The van der Waals surface area contributed by atoms with Gasteiger partial charge in [-0.2, -0.15) is 0 Å². The van der Waals surface area contributed by atoms with E-state index in [2.05, 4.69) is 4.98 Å². The molecule has 1 fully saturated rings. The molecule has 1 aliphatic heterocycles. The lowest BCUT2D eigenvalue weighted by Crippen LogP contribution is -2.39. The first-order chi connectivity index (χ1) is 14.2. The van der Waals surface area contributed by atoms with Crippen molar-refractivity contribution in [2.45, 2.75) is 18.8 Å². The van der Waals surface area contributed by atoms with Gasteiger partial charge in [-0.15, -0.1) is 0 Å². The number of aromatic amines is 1. The number of carbonyl (C=O) groups excluding carboxylic acids is 1. The molecule has 0 saturated carbocycles. The van der Waals surface area contributed by atoms with Crippen molar-refractivity contribution in [3.05, 3.63) is 47.8 Å². The molecule has 0 unspecified atom stereocenters. The van der Waals surface area contributed by atoms with E-state index in [-0.39, 0.29) is 11.8 Å². The number of methoxy groups -OCH3 is 3. The van der Waals surface area contributed by atoms with Crippen LogP contribution in [0.1, 0.15) is 34.9 Å². The van der Waals surface area contributed by atoms with Crippen LogP contribution < -0.4 is 14.2 Å². The number of piperidine rings is 1. The first-order valence-electron chi connectivity index (χ1n) is 9.69. The third-order valence-corrected chi connectivity index (χ3v) is 5.44. The fraction of sp³-hybridized carbons (Fsp3) is 0.364. The fourth-order valence-electron chi connectivity index (χ4n) is 3.99. The quantitative estimate of drug-likeness (QED) is 0.714. The van der Waals surface area contributed by atoms with Crippen LogP contribution in [0.3, 0.4) is 0 Å². The summed E-state index contributed by atoms with van der Waals surface area (Å²) >= 11 is 0. The fourth-order valence-corrected chi connectivity index (χ4v) is 3.99. The van der Waals surface area contributed by atoms with Crippen LogP contribution in [-0.4, -0.2) is 55.2 Å². The maximum Gasteiger partial charge on any atom is 0.257 e. The molecule has 0 bridgehead atoms. The number of benzene rings is 2. The monoisotopic (exact) mass is 395 g/mol. The predicted octanol–water partition coefficient (Wildman–Crippen LogP) is 3.61. The molecule has 1 aromatic heterocycles. The third kappa shape index (κ3) is 3.48. The first kappa shape index (κ1) is 19.1. The van der Waals surface area contributed by atoms with E-state index in [1.165, 1.54) is 14.2 Å². The third-order valence-electron chi connectivity index (χ3n) is 5.44. The van der Waals surface area contributed by atoms with Gasteiger partial charge in [0, 0.05) is 19.0 Å². The van der Waals surface area contributed by atoms with Gasteiger partial charge in [-0.1, -0.05) is 12.1 Å². The minimum absolute atomic E-state index is 0.0800. The van der Waals surface area contributed by atoms with Crippen LogP contribution in [0.25, 0.3) is 11.0 Å². The second kappa shape index (κ2) is 8.03. The summed E-state index contributed by atoms with van der Waals surface area (Å²) in [7, 11) is 4.62. The largest absolute Gasteiger partial charge is 0.493 e. The maximum atomic E-state index is 13.3. The molecule has 0 spiro atoms. The van der Waals surface area contributed by atoms with Crippen LogP contribution in [0.4, 0.5) is 0 Å². The minimum atomic E-state index is -0.0800. The van der Waals surface area contributed by atoms with E-state index in [0.29, 0.717) is 35.9 Å². The summed E-state index contributed by atoms with van der Waals surface area (Å²) in [5, 5.41) is 0. The molecule has 7 heteroatoms. The number of nitrogens with zero attached hydrogens (tertiary/aromatic N) is 2. The number of para-hydroxylation sites is 2. The summed E-state index contributed by atoms with van der Waals surface area (Å²) in [6.45, 7) is 1.31. The van der Waals surface area contributed by atoms with E-state index in [4.69, 9.17) is 19.2 Å². The molecule has 7 nitrogen and oxygen atoms in total. The number of aromatic nitrogens is 2. The van der Waals surface area contributed by atoms with E-state index in [1.54, 1.807) is 19.2 Å². The van der Waals surface area contributed by atoms with Crippen LogP contribution in [0, 0.1) is 0 Å². The molecule has 0 radical (unpaired) electrons. The highest BCUT2D eigenvalue weighted by Gasteiger charge is 2.30. The van der Waals surface area contributed by atoms with Crippen LogP contribution >= 0.6 is 0 Å². The van der Waals surface area contributed by atoms with Crippen molar-refractivity contribution in [3.63, 3.8) is 0 Å². The number of ether oxygens (including phenoxy) is 3. The van der Waals surface area contributed by atoms with Gasteiger partial charge in [-0.05, 0) is 37.1 Å². The van der Waals surface area contributed by atoms with E-state index in [9.17, 15) is 4.79 Å². The van der Waals surface area contributed by atoms with Crippen LogP contribution in [0.5, 0.6) is 17.2 Å². The van der Waals surface area contributed by atoms with E-state index >= 15 is 0 Å². The molecule has 0 aliphatic carbocycles. The number of amides is 1. The summed E-state index contributed by atoms with van der Waals surface area (Å²) in [5.74, 6) is 2.37. The van der Waals surface area contributed by atoms with Gasteiger partial charge in [0.2, 0.25) is 5.75 Å². The Balaban J connectivity index is 1.60. The predicted molar refractivity (Wildman–Crippen MR) is 110 cm³/mol. The van der Waals surface area contributed by atoms with E-state index in [1.807, 2.05) is 29.2 Å². The highest BCUT2D eigenvalue weighted by Crippen LogP contribution is 2.40. The number of imidazole rings is 1. The summed E-state index contributed by atoms with van der Waals surface area (Å²) < 4.78 is 16.2. The first-order valence-corrected chi connectivity index (χ1v) is 9.69. The van der Waals surface area contributed by atoms with Gasteiger partial charge in [-0.3, -0.25) is 4.79 Å². The highest BCUT2D eigenvalue weighted by atomic mass is 16.5. The van der Waals surface area contributed by atoms with Crippen molar-refractivity contribution < 1.29 is 19.0 Å². The molecule has 29 heavy (non-hydrogen) atoms. The Kier molecular flexibility index (Phi) is 5.29. The molecule has 152 valence electrons. The molecule has 3 aromatic rings. The molecular weight excluding hydrogens is 370 g/mol. The second-order valence-electron chi connectivity index (χ2n) is 7.11. The topological polar surface area (TPSA) is 76.7 Å². The van der Waals surface area contributed by atoms with Gasteiger partial charge in [0.15, 0.2) is 11.5 Å². The summed E-state index contributed by atoms with van der Waals surface area (Å²) in [6, 6.07) is 11.4. The van der Waals surface area contributed by atoms with Crippen molar-refractivity contribution in [1.82, 2.24) is 14.9 Å². The van der Waals surface area contributed by atoms with Gasteiger partial charge in [0.05, 0.1) is 37.9 Å². The van der Waals surface area contributed by atoms with Crippen molar-refractivity contribution >= 4 is 16.9 Å². The van der Waals surface area contributed by atoms with Crippen molar-refractivity contribution in [1.29, 1.82) is 0 Å². The average Bonchev–Trinajstić information content (AvgIpc) is 3.22. The second-order valence-corrected chi connectivity index (χ2v) is 7.11. The van der Waals surface area contributed by atoms with Gasteiger partial charge in [0.1, 0.15) is 5.82 Å². The van der Waals surface area contributed by atoms with Gasteiger partial charge in [-0.25, -0.2) is 4.98 Å². The molecule has 1 N–H and O–H groups in total. The number of hydrogen-bond donors (Lipinski definition) is 1. The molecule has 2 aromatic carbocycles.